The van der Waals surface area contributed by atoms with Crippen molar-refractivity contribution >= 4 is 40.0 Å². The highest BCUT2D eigenvalue weighted by atomic mass is 32.2. The van der Waals surface area contributed by atoms with Crippen LogP contribution in [0, 0.1) is 0 Å². The minimum atomic E-state index is -0.570. The van der Waals surface area contributed by atoms with Crippen molar-refractivity contribution in [1.29, 1.82) is 0 Å². The molecule has 1 rings (SSSR count). The predicted molar refractivity (Wildman–Crippen MR) is 73.2 cm³/mol. The zero-order valence-corrected chi connectivity index (χ0v) is 12.0. The van der Waals surface area contributed by atoms with Crippen molar-refractivity contribution in [3.05, 3.63) is 0 Å². The first-order chi connectivity index (χ1) is 9.11. The molecule has 0 atom stereocenters. The van der Waals surface area contributed by atoms with E-state index in [-0.39, 0.29) is 18.2 Å². The fraction of sp³-hybridized carbons (Fsp3) is 0.556. The van der Waals surface area contributed by atoms with E-state index >= 15 is 0 Å². The van der Waals surface area contributed by atoms with Crippen LogP contribution >= 0.6 is 23.1 Å². The minimum Gasteiger partial charge on any atom is -0.383 e. The van der Waals surface area contributed by atoms with Crippen LogP contribution < -0.4 is 16.4 Å². The van der Waals surface area contributed by atoms with Crippen LogP contribution in [0.3, 0.4) is 0 Å². The number of ether oxygens (including phenoxy) is 1. The number of amides is 2. The van der Waals surface area contributed by atoms with E-state index in [1.807, 2.05) is 0 Å². The van der Waals surface area contributed by atoms with E-state index in [0.717, 1.165) is 0 Å². The molecule has 0 radical (unpaired) electrons. The quantitative estimate of drug-likeness (QED) is 0.407. The van der Waals surface area contributed by atoms with Crippen molar-refractivity contribution in [3.63, 3.8) is 0 Å². The molecule has 1 heterocycles. The van der Waals surface area contributed by atoms with Crippen molar-refractivity contribution in [2.75, 3.05) is 37.9 Å². The van der Waals surface area contributed by atoms with E-state index in [1.165, 1.54) is 23.1 Å². The van der Waals surface area contributed by atoms with E-state index in [4.69, 9.17) is 10.5 Å². The van der Waals surface area contributed by atoms with Crippen LogP contribution in [0.15, 0.2) is 4.34 Å². The lowest BCUT2D eigenvalue weighted by molar-refractivity contribution is -0.123. The van der Waals surface area contributed by atoms with Crippen LogP contribution in [0.2, 0.25) is 0 Å². The van der Waals surface area contributed by atoms with E-state index in [0.29, 0.717) is 22.6 Å². The molecule has 10 heteroatoms. The minimum absolute atomic E-state index is 0.153. The van der Waals surface area contributed by atoms with Gasteiger partial charge in [-0.2, -0.15) is 0 Å². The van der Waals surface area contributed by atoms with Gasteiger partial charge >= 0.3 is 0 Å². The van der Waals surface area contributed by atoms with Gasteiger partial charge in [0.1, 0.15) is 0 Å². The molecule has 19 heavy (non-hydrogen) atoms. The first-order valence-electron chi connectivity index (χ1n) is 5.36. The maximum absolute atomic E-state index is 11.3. The fourth-order valence-corrected chi connectivity index (χ4v) is 2.57. The van der Waals surface area contributed by atoms with Gasteiger partial charge in [-0.3, -0.25) is 9.59 Å². The van der Waals surface area contributed by atoms with Crippen molar-refractivity contribution in [1.82, 2.24) is 15.5 Å². The Balaban J connectivity index is 2.25. The lowest BCUT2D eigenvalue weighted by atomic mass is 10.6. The molecule has 106 valence electrons. The summed E-state index contributed by atoms with van der Waals surface area (Å²) in [5.41, 5.74) is 4.91. The number of carbonyl (C=O) groups excluding carboxylic acids is 2. The zero-order chi connectivity index (χ0) is 14.1. The second-order valence-corrected chi connectivity index (χ2v) is 5.52. The summed E-state index contributed by atoms with van der Waals surface area (Å²) in [5, 5.41) is 13.9. The number of anilines is 1. The number of nitrogens with one attached hydrogen (secondary N) is 2. The number of methoxy groups -OCH3 is 1. The largest absolute Gasteiger partial charge is 0.383 e. The second kappa shape index (κ2) is 8.67. The summed E-state index contributed by atoms with van der Waals surface area (Å²) in [6.45, 7) is 1.08. The second-order valence-electron chi connectivity index (χ2n) is 3.32. The molecule has 0 saturated carbocycles. The summed E-state index contributed by atoms with van der Waals surface area (Å²) in [6.07, 6.45) is 0. The van der Waals surface area contributed by atoms with Gasteiger partial charge < -0.3 is 21.1 Å². The lowest BCUT2D eigenvalue weighted by Crippen LogP contribution is -2.34. The van der Waals surface area contributed by atoms with Gasteiger partial charge in [-0.25, -0.2) is 0 Å². The molecule has 8 nitrogen and oxygen atoms in total. The molecular weight excluding hydrogens is 290 g/mol. The van der Waals surface area contributed by atoms with E-state index < -0.39 is 5.91 Å². The smallest absolute Gasteiger partial charge is 0.236 e. The van der Waals surface area contributed by atoms with Gasteiger partial charge in [-0.05, 0) is 0 Å². The third-order valence-electron chi connectivity index (χ3n) is 1.78. The maximum Gasteiger partial charge on any atom is 0.236 e. The average molecular weight is 305 g/mol. The topological polar surface area (TPSA) is 119 Å². The Morgan fingerprint density at radius 1 is 1.47 bits per heavy atom. The van der Waals surface area contributed by atoms with E-state index in [2.05, 4.69) is 20.8 Å². The van der Waals surface area contributed by atoms with E-state index in [9.17, 15) is 9.59 Å². The Bertz CT molecular complexity index is 426. The molecule has 0 fully saturated rings. The molecule has 0 aliphatic heterocycles. The number of hydrogen-bond acceptors (Lipinski definition) is 8. The lowest BCUT2D eigenvalue weighted by Gasteiger charge is -2.00. The Hall–Kier alpha value is -1.39. The van der Waals surface area contributed by atoms with Crippen LogP contribution in [-0.4, -0.2) is 54.6 Å². The molecule has 0 aliphatic rings. The van der Waals surface area contributed by atoms with Gasteiger partial charge in [-0.15, -0.1) is 10.2 Å². The van der Waals surface area contributed by atoms with Crippen molar-refractivity contribution < 1.29 is 14.3 Å². The van der Waals surface area contributed by atoms with Crippen LogP contribution in [-0.2, 0) is 14.3 Å². The molecule has 0 bridgehead atoms. The number of primary amides is 1. The molecule has 0 unspecified atom stereocenters. The normalized spacial score (nSPS) is 10.2. The number of hydrogen-bond donors (Lipinski definition) is 3. The molecule has 1 aromatic heterocycles. The summed E-state index contributed by atoms with van der Waals surface area (Å²) >= 11 is 2.60. The third-order valence-corrected chi connectivity index (χ3v) is 3.79. The summed E-state index contributed by atoms with van der Waals surface area (Å²) in [4.78, 5) is 21.8. The summed E-state index contributed by atoms with van der Waals surface area (Å²) in [6, 6.07) is 0. The Morgan fingerprint density at radius 2 is 2.26 bits per heavy atom. The number of thioether (sulfide) groups is 1. The van der Waals surface area contributed by atoms with Gasteiger partial charge in [0.2, 0.25) is 16.9 Å². The van der Waals surface area contributed by atoms with Gasteiger partial charge in [-0.1, -0.05) is 23.1 Å². The molecular formula is C9H15N5O3S2. The van der Waals surface area contributed by atoms with Gasteiger partial charge in [0.15, 0.2) is 4.34 Å². The highest BCUT2D eigenvalue weighted by molar-refractivity contribution is 8.01. The summed E-state index contributed by atoms with van der Waals surface area (Å²) < 4.78 is 5.57. The molecule has 0 aliphatic carbocycles. The molecule has 1 aromatic rings. The standard InChI is InChI=1S/C9H15N5O3S2/c1-17-3-2-11-8-13-14-9(19-8)18-5-7(16)12-4-6(10)15/h2-5H2,1H3,(H2,10,15)(H,11,13)(H,12,16). The number of rotatable bonds is 9. The van der Waals surface area contributed by atoms with Gasteiger partial charge in [0.25, 0.3) is 0 Å². The van der Waals surface area contributed by atoms with Gasteiger partial charge in [0, 0.05) is 13.7 Å². The van der Waals surface area contributed by atoms with E-state index in [1.54, 1.807) is 7.11 Å². The Labute approximate surface area is 118 Å². The van der Waals surface area contributed by atoms with Crippen molar-refractivity contribution in [3.8, 4) is 0 Å². The molecule has 2 amide bonds. The molecule has 0 aromatic carbocycles. The Kier molecular flexibility index (Phi) is 7.15. The van der Waals surface area contributed by atoms with Crippen molar-refractivity contribution in [2.24, 2.45) is 5.73 Å². The molecule has 4 N–H and O–H groups in total. The molecule has 0 saturated heterocycles. The van der Waals surface area contributed by atoms with Gasteiger partial charge in [0.05, 0.1) is 18.9 Å². The predicted octanol–water partition coefficient (Wildman–Crippen LogP) is -0.710. The van der Waals surface area contributed by atoms with Crippen LogP contribution in [0.5, 0.6) is 0 Å². The SMILES string of the molecule is COCCNc1nnc(SCC(=O)NCC(N)=O)s1. The van der Waals surface area contributed by atoms with Crippen LogP contribution in [0.25, 0.3) is 0 Å². The Morgan fingerprint density at radius 3 is 2.95 bits per heavy atom. The third kappa shape index (κ3) is 6.94. The summed E-state index contributed by atoms with van der Waals surface area (Å²) in [5.74, 6) is -0.674. The average Bonchev–Trinajstić information content (AvgIpc) is 2.82. The maximum atomic E-state index is 11.3. The summed E-state index contributed by atoms with van der Waals surface area (Å²) in [7, 11) is 1.62. The number of nitrogens with two attached hydrogens (primary N) is 1. The van der Waals surface area contributed by atoms with Crippen molar-refractivity contribution in [2.45, 2.75) is 4.34 Å². The highest BCUT2D eigenvalue weighted by Gasteiger charge is 2.08. The molecule has 0 spiro atoms. The number of nitrogens with zero attached hydrogens (tertiary/aromatic N) is 2. The van der Waals surface area contributed by atoms with Crippen LogP contribution in [0.1, 0.15) is 0 Å². The first-order valence-corrected chi connectivity index (χ1v) is 7.16. The first kappa shape index (κ1) is 15.7. The highest BCUT2D eigenvalue weighted by Crippen LogP contribution is 2.24. The fourth-order valence-electron chi connectivity index (χ4n) is 0.964. The number of aromatic nitrogens is 2. The van der Waals surface area contributed by atoms with Crippen LogP contribution in [0.4, 0.5) is 5.13 Å². The monoisotopic (exact) mass is 305 g/mol. The zero-order valence-electron chi connectivity index (χ0n) is 10.3. The number of carbonyl (C=O) groups is 2.